The highest BCUT2D eigenvalue weighted by Gasteiger charge is 2.43. The van der Waals surface area contributed by atoms with Crippen molar-refractivity contribution in [2.45, 2.75) is 16.7 Å². The summed E-state index contributed by atoms with van der Waals surface area (Å²) in [5.41, 5.74) is 1.73. The molecule has 208 valence electrons. The van der Waals surface area contributed by atoms with Crippen molar-refractivity contribution in [3.8, 4) is 11.5 Å². The molecule has 11 nitrogen and oxygen atoms in total. The van der Waals surface area contributed by atoms with Crippen LogP contribution in [0.5, 0.6) is 11.5 Å². The van der Waals surface area contributed by atoms with E-state index in [4.69, 9.17) is 16.3 Å². The van der Waals surface area contributed by atoms with Crippen LogP contribution in [0.3, 0.4) is 0 Å². The van der Waals surface area contributed by atoms with E-state index in [-0.39, 0.29) is 12.3 Å². The molecule has 3 aromatic rings. The van der Waals surface area contributed by atoms with Gasteiger partial charge in [0.15, 0.2) is 17.4 Å². The highest BCUT2D eigenvalue weighted by Crippen LogP contribution is 2.32. The van der Waals surface area contributed by atoms with Gasteiger partial charge in [0.25, 0.3) is 5.91 Å². The number of hydrogen-bond donors (Lipinski definition) is 2. The van der Waals surface area contributed by atoms with Gasteiger partial charge in [-0.2, -0.15) is 8.61 Å². The van der Waals surface area contributed by atoms with Crippen LogP contribution in [0, 0.1) is 11.6 Å². The highest BCUT2D eigenvalue weighted by atomic mass is 35.5. The van der Waals surface area contributed by atoms with Crippen molar-refractivity contribution >= 4 is 37.6 Å². The van der Waals surface area contributed by atoms with Gasteiger partial charge >= 0.3 is 0 Å². The number of hydroxylamine groups is 1. The first-order valence-electron chi connectivity index (χ1n) is 11.2. The molecule has 2 N–H and O–H groups in total. The molecule has 39 heavy (non-hydrogen) atoms. The second-order valence-electron chi connectivity index (χ2n) is 8.35. The maximum absolute atomic E-state index is 14.8. The first kappa shape index (κ1) is 28.8. The van der Waals surface area contributed by atoms with Gasteiger partial charge in [0.1, 0.15) is 11.8 Å². The van der Waals surface area contributed by atoms with Crippen molar-refractivity contribution in [2.75, 3.05) is 19.6 Å². The molecule has 1 amide bonds. The molecule has 1 fully saturated rings. The quantitative estimate of drug-likeness (QED) is 0.295. The number of benzene rings is 2. The van der Waals surface area contributed by atoms with Gasteiger partial charge in [-0.3, -0.25) is 15.0 Å². The van der Waals surface area contributed by atoms with Crippen molar-refractivity contribution in [3.05, 3.63) is 83.1 Å². The van der Waals surface area contributed by atoms with Crippen LogP contribution < -0.4 is 10.2 Å². The van der Waals surface area contributed by atoms with E-state index >= 15 is 0 Å². The second kappa shape index (κ2) is 11.5. The lowest BCUT2D eigenvalue weighted by atomic mass is 10.2. The highest BCUT2D eigenvalue weighted by molar-refractivity contribution is 7.89. The molecule has 1 saturated heterocycles. The molecule has 0 spiro atoms. The molecular weight excluding hydrogens is 582 g/mol. The molecule has 0 bridgehead atoms. The van der Waals surface area contributed by atoms with E-state index in [0.29, 0.717) is 27.0 Å². The summed E-state index contributed by atoms with van der Waals surface area (Å²) in [7, 11) is -8.77. The van der Waals surface area contributed by atoms with Crippen LogP contribution in [-0.2, 0) is 30.6 Å². The fourth-order valence-corrected chi connectivity index (χ4v) is 7.13. The third-order valence-electron chi connectivity index (χ3n) is 5.81. The van der Waals surface area contributed by atoms with Crippen LogP contribution in [0.1, 0.15) is 5.56 Å². The Balaban J connectivity index is 1.60. The number of amides is 1. The molecule has 1 aliphatic rings. The summed E-state index contributed by atoms with van der Waals surface area (Å²) >= 11 is 5.78. The number of ether oxygens (including phenoxy) is 1. The number of piperazine rings is 1. The predicted octanol–water partition coefficient (Wildman–Crippen LogP) is 2.52. The first-order chi connectivity index (χ1) is 18.4. The summed E-state index contributed by atoms with van der Waals surface area (Å²) in [5, 5.41) is 9.56. The topological polar surface area (TPSA) is 146 Å². The number of pyridine rings is 1. The van der Waals surface area contributed by atoms with E-state index in [1.807, 2.05) is 0 Å². The van der Waals surface area contributed by atoms with Gasteiger partial charge < -0.3 is 4.74 Å². The zero-order valence-corrected chi connectivity index (χ0v) is 22.3. The van der Waals surface area contributed by atoms with Crippen molar-refractivity contribution in [3.63, 3.8) is 0 Å². The van der Waals surface area contributed by atoms with E-state index in [9.17, 15) is 35.6 Å². The predicted molar refractivity (Wildman–Crippen MR) is 134 cm³/mol. The zero-order valence-electron chi connectivity index (χ0n) is 19.9. The number of carbonyl (C=O) groups is 1. The van der Waals surface area contributed by atoms with Crippen LogP contribution in [-0.4, -0.2) is 67.2 Å². The van der Waals surface area contributed by atoms with Gasteiger partial charge in [-0.25, -0.2) is 31.1 Å². The lowest BCUT2D eigenvalue weighted by molar-refractivity contribution is -0.134. The summed E-state index contributed by atoms with van der Waals surface area (Å²) in [6.07, 6.45) is 2.81. The minimum atomic E-state index is -4.76. The molecule has 2 aromatic carbocycles. The maximum Gasteiger partial charge on any atom is 0.263 e. The van der Waals surface area contributed by atoms with Crippen LogP contribution in [0.25, 0.3) is 0 Å². The van der Waals surface area contributed by atoms with Crippen molar-refractivity contribution in [1.29, 1.82) is 0 Å². The number of carbonyl (C=O) groups excluding carboxylic acids is 1. The van der Waals surface area contributed by atoms with Gasteiger partial charge in [-0.1, -0.05) is 11.6 Å². The number of nitrogens with one attached hydrogen (secondary N) is 1. The largest absolute Gasteiger partial charge is 0.451 e. The Morgan fingerprint density at radius 2 is 1.67 bits per heavy atom. The van der Waals surface area contributed by atoms with E-state index in [2.05, 4.69) is 4.98 Å². The monoisotopic (exact) mass is 602 g/mol. The summed E-state index contributed by atoms with van der Waals surface area (Å²) in [6.45, 7) is -1.55. The lowest BCUT2D eigenvalue weighted by Gasteiger charge is -2.38. The lowest BCUT2D eigenvalue weighted by Crippen LogP contribution is -2.61. The third kappa shape index (κ3) is 6.34. The average molecular weight is 603 g/mol. The number of nitrogens with zero attached hydrogens (tertiary/aromatic N) is 3. The third-order valence-corrected chi connectivity index (χ3v) is 9.77. The number of hydrogen-bond acceptors (Lipinski definition) is 8. The first-order valence-corrected chi connectivity index (χ1v) is 14.6. The minimum Gasteiger partial charge on any atom is -0.451 e. The van der Waals surface area contributed by atoms with Crippen molar-refractivity contribution in [1.82, 2.24) is 19.1 Å². The van der Waals surface area contributed by atoms with Gasteiger partial charge in [-0.15, -0.1) is 0 Å². The molecule has 0 unspecified atom stereocenters. The SMILES string of the molecule is O=C(NO)[C@H]1CN(S(=O)(=O)Cc2ccncc2)CCN1S(=O)(=O)c1cc(F)c(Oc2ccc(Cl)cc2)c(F)c1. The molecule has 0 radical (unpaired) electrons. The number of rotatable bonds is 8. The fraction of sp³-hybridized carbons (Fsp3) is 0.217. The second-order valence-corrected chi connectivity index (χ2v) is 12.6. The van der Waals surface area contributed by atoms with Crippen molar-refractivity contribution < 1.29 is 40.4 Å². The van der Waals surface area contributed by atoms with Crippen LogP contribution in [0.2, 0.25) is 5.02 Å². The average Bonchev–Trinajstić information content (AvgIpc) is 2.91. The number of aromatic nitrogens is 1. The van der Waals surface area contributed by atoms with Gasteiger partial charge in [0.05, 0.1) is 10.6 Å². The normalized spacial score (nSPS) is 17.1. The molecule has 0 saturated carbocycles. The molecule has 4 rings (SSSR count). The Morgan fingerprint density at radius 3 is 2.26 bits per heavy atom. The van der Waals surface area contributed by atoms with Crippen LogP contribution in [0.4, 0.5) is 8.78 Å². The van der Waals surface area contributed by atoms with E-state index in [0.717, 1.165) is 4.31 Å². The molecule has 1 atom stereocenters. The Morgan fingerprint density at radius 1 is 1.05 bits per heavy atom. The Hall–Kier alpha value is -3.21. The minimum absolute atomic E-state index is 0.0385. The summed E-state index contributed by atoms with van der Waals surface area (Å²) < 4.78 is 89.0. The summed E-state index contributed by atoms with van der Waals surface area (Å²) in [5.74, 6) is -5.19. The molecule has 1 aliphatic heterocycles. The van der Waals surface area contributed by atoms with Crippen LogP contribution in [0.15, 0.2) is 65.8 Å². The summed E-state index contributed by atoms with van der Waals surface area (Å²) in [4.78, 5) is 15.4. The van der Waals surface area contributed by atoms with E-state index < -0.39 is 73.1 Å². The smallest absolute Gasteiger partial charge is 0.263 e. The Bertz CT molecular complexity index is 1550. The maximum atomic E-state index is 14.8. The Labute approximate surface area is 227 Å². The molecule has 16 heteroatoms. The van der Waals surface area contributed by atoms with Crippen molar-refractivity contribution in [2.24, 2.45) is 0 Å². The van der Waals surface area contributed by atoms with E-state index in [1.54, 1.807) is 0 Å². The molecular formula is C23H21ClF2N4O7S2. The number of halogens is 3. The van der Waals surface area contributed by atoms with Gasteiger partial charge in [0.2, 0.25) is 20.0 Å². The van der Waals surface area contributed by atoms with Gasteiger partial charge in [0, 0.05) is 37.1 Å². The number of sulfonamides is 2. The molecule has 2 heterocycles. The molecule has 1 aromatic heterocycles. The standard InChI is InChI=1S/C23H21ClF2N4O7S2/c24-16-1-3-17(4-2-16)37-22-19(25)11-18(12-20(22)26)39(35,36)30-10-9-29(13-21(30)23(31)28-32)38(33,34)14-15-5-7-27-8-6-15/h1-8,11-12,21,32H,9-10,13-14H2,(H,28,31)/t21-/m1/s1. The fourth-order valence-electron chi connectivity index (χ4n) is 3.89. The van der Waals surface area contributed by atoms with Gasteiger partial charge in [-0.05, 0) is 54.1 Å². The van der Waals surface area contributed by atoms with E-state index in [1.165, 1.54) is 54.3 Å². The summed E-state index contributed by atoms with van der Waals surface area (Å²) in [6, 6.07) is 7.83. The van der Waals surface area contributed by atoms with Crippen LogP contribution >= 0.6 is 11.6 Å². The Kier molecular flexibility index (Phi) is 8.48. The zero-order chi connectivity index (χ0) is 28.4. The molecule has 0 aliphatic carbocycles.